The fraction of sp³-hybridized carbons (Fsp3) is 0.300. The zero-order chi connectivity index (χ0) is 12.8. The van der Waals surface area contributed by atoms with Gasteiger partial charge in [0, 0.05) is 5.56 Å². The first-order valence-electron chi connectivity index (χ1n) is 4.84. The summed E-state index contributed by atoms with van der Waals surface area (Å²) in [5, 5.41) is 3.24. The van der Waals surface area contributed by atoms with Crippen molar-refractivity contribution >= 4 is 12.1 Å². The van der Waals surface area contributed by atoms with E-state index >= 15 is 0 Å². The van der Waals surface area contributed by atoms with Gasteiger partial charge in [-0.25, -0.2) is 9.37 Å². The van der Waals surface area contributed by atoms with E-state index in [-0.39, 0.29) is 11.9 Å². The van der Waals surface area contributed by atoms with Crippen LogP contribution >= 0.6 is 0 Å². The highest BCUT2D eigenvalue weighted by Crippen LogP contribution is 2.25. The third-order valence-corrected chi connectivity index (χ3v) is 2.07. The minimum Gasteiger partial charge on any atom is -0.481 e. The van der Waals surface area contributed by atoms with Gasteiger partial charge < -0.3 is 16.3 Å². The van der Waals surface area contributed by atoms with Crippen LogP contribution in [-0.2, 0) is 0 Å². The van der Waals surface area contributed by atoms with Gasteiger partial charge in [0.15, 0.2) is 5.84 Å². The predicted molar refractivity (Wildman–Crippen MR) is 63.5 cm³/mol. The second kappa shape index (κ2) is 5.78. The molecule has 1 rings (SSSR count). The van der Waals surface area contributed by atoms with Crippen molar-refractivity contribution in [2.45, 2.75) is 13.0 Å². The number of aliphatic imine (C=N–C) groups is 1. The molecule has 0 spiro atoms. The minimum absolute atomic E-state index is 0.0835. The van der Waals surface area contributed by atoms with E-state index in [0.717, 1.165) is 6.20 Å². The summed E-state index contributed by atoms with van der Waals surface area (Å²) in [5.74, 6) is 4.90. The Kier molecular flexibility index (Phi) is 4.38. The maximum Gasteiger partial charge on any atom is 0.218 e. The van der Waals surface area contributed by atoms with E-state index in [2.05, 4.69) is 15.1 Å². The van der Waals surface area contributed by atoms with Crippen LogP contribution in [0.25, 0.3) is 0 Å². The third-order valence-electron chi connectivity index (χ3n) is 2.07. The van der Waals surface area contributed by atoms with Crippen LogP contribution in [0.3, 0.4) is 0 Å². The molecule has 17 heavy (non-hydrogen) atoms. The van der Waals surface area contributed by atoms with Gasteiger partial charge in [-0.15, -0.1) is 0 Å². The minimum atomic E-state index is -0.455. The highest BCUT2D eigenvalue weighted by atomic mass is 19.1. The summed E-state index contributed by atoms with van der Waals surface area (Å²) in [7, 11) is 1.45. The first-order valence-corrected chi connectivity index (χ1v) is 4.84. The highest BCUT2D eigenvalue weighted by Gasteiger charge is 2.12. The number of amidine groups is 1. The molecule has 0 aliphatic rings. The van der Waals surface area contributed by atoms with E-state index in [1.54, 1.807) is 6.92 Å². The Hall–Kier alpha value is -2.18. The van der Waals surface area contributed by atoms with Crippen LogP contribution in [0.2, 0.25) is 0 Å². The van der Waals surface area contributed by atoms with Crippen LogP contribution in [0.4, 0.5) is 4.39 Å². The van der Waals surface area contributed by atoms with E-state index in [0.29, 0.717) is 11.4 Å². The molecule has 0 radical (unpaired) electrons. The molecule has 0 fully saturated rings. The average Bonchev–Trinajstić information content (AvgIpc) is 2.35. The van der Waals surface area contributed by atoms with Crippen LogP contribution in [-0.4, -0.2) is 24.1 Å². The molecule has 0 saturated carbocycles. The predicted octanol–water partition coefficient (Wildman–Crippen LogP) is 0.592. The number of hydrogen-bond acceptors (Lipinski definition) is 5. The van der Waals surface area contributed by atoms with E-state index in [1.165, 1.54) is 19.4 Å². The largest absolute Gasteiger partial charge is 0.481 e. The normalized spacial score (nSPS) is 13.9. The maximum atomic E-state index is 13.1. The number of ether oxygens (including phenoxy) is 1. The number of pyridine rings is 1. The summed E-state index contributed by atoms with van der Waals surface area (Å²) in [4.78, 5) is 7.88. The molecule has 6 nitrogen and oxygen atoms in total. The van der Waals surface area contributed by atoms with Crippen LogP contribution in [0.15, 0.2) is 22.4 Å². The Balaban J connectivity index is 2.98. The Morgan fingerprint density at radius 1 is 1.65 bits per heavy atom. The van der Waals surface area contributed by atoms with Gasteiger partial charge in [0.1, 0.15) is 5.82 Å². The monoisotopic (exact) mass is 239 g/mol. The van der Waals surface area contributed by atoms with Gasteiger partial charge in [0.2, 0.25) is 5.88 Å². The Morgan fingerprint density at radius 3 is 2.94 bits per heavy atom. The quantitative estimate of drug-likeness (QED) is 0.347. The standard InChI is InChI=1S/C10H14FN5O/c1-6(14-5-9(12)16-13)8-3-7(11)4-15-10(8)17-2/h3-6H,13H2,1-2H3,(H2,12,16). The van der Waals surface area contributed by atoms with Crippen molar-refractivity contribution < 1.29 is 9.13 Å². The molecule has 1 atom stereocenters. The van der Waals surface area contributed by atoms with Gasteiger partial charge in [-0.1, -0.05) is 0 Å². The summed E-state index contributed by atoms with van der Waals surface area (Å²) in [5.41, 5.74) is 5.88. The number of hydrogen-bond donors (Lipinski definition) is 2. The van der Waals surface area contributed by atoms with Gasteiger partial charge in [0.05, 0.1) is 25.6 Å². The summed E-state index contributed by atoms with van der Waals surface area (Å²) in [6.45, 7) is 1.75. The lowest BCUT2D eigenvalue weighted by Crippen LogP contribution is -2.15. The topological polar surface area (TPSA) is 98.9 Å². The summed E-state index contributed by atoms with van der Waals surface area (Å²) >= 11 is 0. The van der Waals surface area contributed by atoms with E-state index in [1.807, 2.05) is 0 Å². The van der Waals surface area contributed by atoms with Gasteiger partial charge in [0.25, 0.3) is 0 Å². The highest BCUT2D eigenvalue weighted by molar-refractivity contribution is 6.28. The number of rotatable bonds is 4. The molecular formula is C10H14FN5O. The third kappa shape index (κ3) is 3.40. The zero-order valence-corrected chi connectivity index (χ0v) is 9.59. The van der Waals surface area contributed by atoms with Crippen LogP contribution < -0.4 is 16.3 Å². The van der Waals surface area contributed by atoms with Crippen molar-refractivity contribution in [2.75, 3.05) is 7.11 Å². The van der Waals surface area contributed by atoms with Gasteiger partial charge >= 0.3 is 0 Å². The Bertz CT molecular complexity index is 446. The first kappa shape index (κ1) is 12.9. The molecule has 4 N–H and O–H groups in total. The van der Waals surface area contributed by atoms with Crippen molar-refractivity contribution in [2.24, 2.45) is 21.7 Å². The lowest BCUT2D eigenvalue weighted by molar-refractivity contribution is 0.387. The van der Waals surface area contributed by atoms with Crippen LogP contribution in [0.1, 0.15) is 18.5 Å². The van der Waals surface area contributed by atoms with Gasteiger partial charge in [-0.2, -0.15) is 5.10 Å². The molecule has 92 valence electrons. The van der Waals surface area contributed by atoms with Crippen LogP contribution in [0.5, 0.6) is 5.88 Å². The Labute approximate surface area is 98.2 Å². The number of nitrogens with zero attached hydrogens (tertiary/aromatic N) is 3. The van der Waals surface area contributed by atoms with E-state index < -0.39 is 5.82 Å². The molecule has 1 aromatic heterocycles. The molecular weight excluding hydrogens is 225 g/mol. The molecule has 1 heterocycles. The van der Waals surface area contributed by atoms with Crippen molar-refractivity contribution in [1.29, 1.82) is 0 Å². The SMILES string of the molecule is COc1ncc(F)cc1C(C)N=C/C(N)=N\N. The lowest BCUT2D eigenvalue weighted by Gasteiger charge is -2.10. The summed E-state index contributed by atoms with van der Waals surface area (Å²) in [6, 6.07) is 0.942. The summed E-state index contributed by atoms with van der Waals surface area (Å²) in [6.07, 6.45) is 2.38. The maximum absolute atomic E-state index is 13.1. The Morgan fingerprint density at radius 2 is 2.35 bits per heavy atom. The molecule has 0 saturated heterocycles. The number of halogens is 1. The molecule has 1 aromatic rings. The molecule has 0 aromatic carbocycles. The second-order valence-corrected chi connectivity index (χ2v) is 3.26. The van der Waals surface area contributed by atoms with Gasteiger partial charge in [-0.3, -0.25) is 4.99 Å². The molecule has 0 bridgehead atoms. The van der Waals surface area contributed by atoms with Crippen molar-refractivity contribution in [3.8, 4) is 5.88 Å². The molecule has 0 aliphatic heterocycles. The smallest absolute Gasteiger partial charge is 0.218 e. The zero-order valence-electron chi connectivity index (χ0n) is 9.59. The fourth-order valence-electron chi connectivity index (χ4n) is 1.21. The van der Waals surface area contributed by atoms with E-state index in [9.17, 15) is 4.39 Å². The number of nitrogens with two attached hydrogens (primary N) is 2. The first-order chi connectivity index (χ1) is 8.08. The van der Waals surface area contributed by atoms with Gasteiger partial charge in [-0.05, 0) is 13.0 Å². The van der Waals surface area contributed by atoms with Crippen molar-refractivity contribution in [3.05, 3.63) is 23.6 Å². The molecule has 0 aliphatic carbocycles. The fourth-order valence-corrected chi connectivity index (χ4v) is 1.21. The van der Waals surface area contributed by atoms with Crippen molar-refractivity contribution in [3.63, 3.8) is 0 Å². The van der Waals surface area contributed by atoms with Crippen molar-refractivity contribution in [1.82, 2.24) is 4.98 Å². The van der Waals surface area contributed by atoms with Crippen LogP contribution in [0, 0.1) is 5.82 Å². The number of aromatic nitrogens is 1. The van der Waals surface area contributed by atoms with E-state index in [4.69, 9.17) is 16.3 Å². The number of methoxy groups -OCH3 is 1. The lowest BCUT2D eigenvalue weighted by atomic mass is 10.1. The molecule has 0 amide bonds. The molecule has 1 unspecified atom stereocenters. The average molecular weight is 239 g/mol. The summed E-state index contributed by atoms with van der Waals surface area (Å²) < 4.78 is 18.1. The number of hydrazone groups is 1. The molecule has 7 heteroatoms. The second-order valence-electron chi connectivity index (χ2n) is 3.26.